The number of ether oxygens (including phenoxy) is 1. The van der Waals surface area contributed by atoms with Crippen molar-refractivity contribution in [3.63, 3.8) is 0 Å². The summed E-state index contributed by atoms with van der Waals surface area (Å²) in [5.41, 5.74) is 6.59. The lowest BCUT2D eigenvalue weighted by Gasteiger charge is -2.33. The molecule has 2 nitrogen and oxygen atoms in total. The maximum absolute atomic E-state index is 12.9. The van der Waals surface area contributed by atoms with E-state index >= 15 is 0 Å². The van der Waals surface area contributed by atoms with Gasteiger partial charge in [0.2, 0.25) is 0 Å². The molecule has 0 saturated carbocycles. The highest BCUT2D eigenvalue weighted by atomic mass is 35.5. The van der Waals surface area contributed by atoms with E-state index in [-0.39, 0.29) is 11.9 Å². The molecule has 2 unspecified atom stereocenters. The van der Waals surface area contributed by atoms with E-state index in [2.05, 4.69) is 0 Å². The maximum atomic E-state index is 12.9. The van der Waals surface area contributed by atoms with Gasteiger partial charge in [-0.2, -0.15) is 0 Å². The lowest BCUT2D eigenvalue weighted by Crippen LogP contribution is -2.48. The van der Waals surface area contributed by atoms with Crippen LogP contribution in [0.1, 0.15) is 25.8 Å². The molecule has 1 aromatic carbocycles. The van der Waals surface area contributed by atoms with Crippen molar-refractivity contribution in [3.8, 4) is 0 Å². The van der Waals surface area contributed by atoms with E-state index in [0.29, 0.717) is 11.4 Å². The molecular formula is C13H19ClFNO. The summed E-state index contributed by atoms with van der Waals surface area (Å²) in [6, 6.07) is 4.19. The molecule has 0 fully saturated rings. The highest BCUT2D eigenvalue weighted by molar-refractivity contribution is 6.31. The lowest BCUT2D eigenvalue weighted by molar-refractivity contribution is -0.0184. The molecule has 96 valence electrons. The fourth-order valence-corrected chi connectivity index (χ4v) is 1.94. The summed E-state index contributed by atoms with van der Waals surface area (Å²) in [5, 5.41) is 0.412. The monoisotopic (exact) mass is 259 g/mol. The van der Waals surface area contributed by atoms with Crippen LogP contribution in [-0.4, -0.2) is 18.8 Å². The van der Waals surface area contributed by atoms with Crippen LogP contribution in [-0.2, 0) is 11.2 Å². The molecule has 0 radical (unpaired) electrons. The van der Waals surface area contributed by atoms with Crippen molar-refractivity contribution >= 4 is 11.6 Å². The van der Waals surface area contributed by atoms with Gasteiger partial charge in [0.25, 0.3) is 0 Å². The number of benzene rings is 1. The minimum absolute atomic E-state index is 0.180. The molecule has 0 bridgehead atoms. The highest BCUT2D eigenvalue weighted by Gasteiger charge is 2.30. The third kappa shape index (κ3) is 3.41. The van der Waals surface area contributed by atoms with Crippen molar-refractivity contribution in [1.29, 1.82) is 0 Å². The van der Waals surface area contributed by atoms with Crippen molar-refractivity contribution in [1.82, 2.24) is 0 Å². The molecule has 4 heteroatoms. The Morgan fingerprint density at radius 2 is 2.18 bits per heavy atom. The van der Waals surface area contributed by atoms with Crippen molar-refractivity contribution in [2.45, 2.75) is 38.3 Å². The van der Waals surface area contributed by atoms with Crippen LogP contribution in [0.25, 0.3) is 0 Å². The van der Waals surface area contributed by atoms with Gasteiger partial charge in [-0.3, -0.25) is 0 Å². The van der Waals surface area contributed by atoms with Crippen LogP contribution in [0.4, 0.5) is 4.39 Å². The number of hydrogen-bond acceptors (Lipinski definition) is 2. The summed E-state index contributed by atoms with van der Waals surface area (Å²) in [5.74, 6) is -0.336. The Balaban J connectivity index is 2.84. The van der Waals surface area contributed by atoms with Gasteiger partial charge in [-0.05, 0) is 37.5 Å². The zero-order valence-electron chi connectivity index (χ0n) is 10.5. The molecule has 0 aliphatic rings. The van der Waals surface area contributed by atoms with E-state index in [1.165, 1.54) is 12.1 Å². The molecule has 2 N–H and O–H groups in total. The van der Waals surface area contributed by atoms with Crippen molar-refractivity contribution in [2.24, 2.45) is 5.73 Å². The number of hydrogen-bond donors (Lipinski definition) is 1. The van der Waals surface area contributed by atoms with Crippen molar-refractivity contribution < 1.29 is 9.13 Å². The van der Waals surface area contributed by atoms with E-state index in [4.69, 9.17) is 22.1 Å². The van der Waals surface area contributed by atoms with Crippen LogP contribution in [0.5, 0.6) is 0 Å². The number of nitrogens with two attached hydrogens (primary N) is 1. The second-order valence-electron chi connectivity index (χ2n) is 4.42. The zero-order chi connectivity index (χ0) is 13.1. The largest absolute Gasteiger partial charge is 0.377 e. The van der Waals surface area contributed by atoms with Gasteiger partial charge in [0.05, 0.1) is 5.60 Å². The van der Waals surface area contributed by atoms with E-state index in [1.54, 1.807) is 13.2 Å². The molecule has 0 saturated heterocycles. The number of rotatable bonds is 5. The van der Waals surface area contributed by atoms with Gasteiger partial charge in [-0.15, -0.1) is 0 Å². The zero-order valence-corrected chi connectivity index (χ0v) is 11.2. The first-order chi connectivity index (χ1) is 7.92. The molecule has 0 aromatic heterocycles. The Hall–Kier alpha value is -0.640. The normalized spacial score (nSPS) is 16.6. The number of halogens is 2. The SMILES string of the molecule is CCC(C)(OC)C(N)Cc1ccc(F)cc1Cl. The smallest absolute Gasteiger partial charge is 0.124 e. The summed E-state index contributed by atoms with van der Waals surface area (Å²) in [4.78, 5) is 0. The van der Waals surface area contributed by atoms with Crippen LogP contribution in [0, 0.1) is 5.82 Å². The summed E-state index contributed by atoms with van der Waals surface area (Å²) in [6.45, 7) is 3.99. The van der Waals surface area contributed by atoms with Gasteiger partial charge in [0.15, 0.2) is 0 Å². The van der Waals surface area contributed by atoms with Crippen molar-refractivity contribution in [3.05, 3.63) is 34.6 Å². The molecule has 0 aliphatic heterocycles. The molecule has 0 spiro atoms. The average molecular weight is 260 g/mol. The average Bonchev–Trinajstić information content (AvgIpc) is 2.31. The van der Waals surface area contributed by atoms with Gasteiger partial charge < -0.3 is 10.5 Å². The second-order valence-corrected chi connectivity index (χ2v) is 4.82. The topological polar surface area (TPSA) is 35.2 Å². The van der Waals surface area contributed by atoms with Crippen LogP contribution < -0.4 is 5.73 Å². The maximum Gasteiger partial charge on any atom is 0.124 e. The Morgan fingerprint density at radius 3 is 2.65 bits per heavy atom. The molecule has 17 heavy (non-hydrogen) atoms. The Morgan fingerprint density at radius 1 is 1.53 bits per heavy atom. The standard InChI is InChI=1S/C13H19ClFNO/c1-4-13(2,17-3)12(16)7-9-5-6-10(15)8-11(9)14/h5-6,8,12H,4,7,16H2,1-3H3. The molecule has 1 aromatic rings. The third-order valence-corrected chi connectivity index (χ3v) is 3.76. The first kappa shape index (κ1) is 14.4. The predicted octanol–water partition coefficient (Wildman–Crippen LogP) is 3.16. The highest BCUT2D eigenvalue weighted by Crippen LogP contribution is 2.24. The number of methoxy groups -OCH3 is 1. The van der Waals surface area contributed by atoms with Crippen LogP contribution >= 0.6 is 11.6 Å². The summed E-state index contributed by atoms with van der Waals surface area (Å²) >= 11 is 5.97. The molecule has 0 amide bonds. The van der Waals surface area contributed by atoms with Gasteiger partial charge in [-0.25, -0.2) is 4.39 Å². The van der Waals surface area contributed by atoms with Crippen LogP contribution in [0.15, 0.2) is 18.2 Å². The fraction of sp³-hybridized carbons (Fsp3) is 0.538. The van der Waals surface area contributed by atoms with Gasteiger partial charge >= 0.3 is 0 Å². The Bertz CT molecular complexity index is 380. The fourth-order valence-electron chi connectivity index (χ4n) is 1.70. The summed E-state index contributed by atoms with van der Waals surface area (Å²) < 4.78 is 18.4. The first-order valence-electron chi connectivity index (χ1n) is 5.67. The van der Waals surface area contributed by atoms with E-state index in [0.717, 1.165) is 12.0 Å². The molecular weight excluding hydrogens is 241 g/mol. The summed E-state index contributed by atoms with van der Waals surface area (Å²) in [6.07, 6.45) is 1.38. The van der Waals surface area contributed by atoms with E-state index in [1.807, 2.05) is 13.8 Å². The third-order valence-electron chi connectivity index (χ3n) is 3.41. The molecule has 1 rings (SSSR count). The second kappa shape index (κ2) is 5.80. The van der Waals surface area contributed by atoms with Gasteiger partial charge in [-0.1, -0.05) is 24.6 Å². The molecule has 0 aliphatic carbocycles. The lowest BCUT2D eigenvalue weighted by atomic mass is 9.89. The minimum Gasteiger partial charge on any atom is -0.377 e. The quantitative estimate of drug-likeness (QED) is 0.882. The van der Waals surface area contributed by atoms with E-state index in [9.17, 15) is 4.39 Å². The van der Waals surface area contributed by atoms with Crippen LogP contribution in [0.3, 0.4) is 0 Å². The van der Waals surface area contributed by atoms with Crippen molar-refractivity contribution in [2.75, 3.05) is 7.11 Å². The predicted molar refractivity (Wildman–Crippen MR) is 68.8 cm³/mol. The van der Waals surface area contributed by atoms with E-state index < -0.39 is 5.60 Å². The first-order valence-corrected chi connectivity index (χ1v) is 6.05. The van der Waals surface area contributed by atoms with Gasteiger partial charge in [0.1, 0.15) is 5.82 Å². The van der Waals surface area contributed by atoms with Crippen LogP contribution in [0.2, 0.25) is 5.02 Å². The Labute approximate surface area is 107 Å². The van der Waals surface area contributed by atoms with Gasteiger partial charge in [0, 0.05) is 18.2 Å². The molecule has 0 heterocycles. The summed E-state index contributed by atoms with van der Waals surface area (Å²) in [7, 11) is 1.65. The minimum atomic E-state index is -0.391. The Kier molecular flexibility index (Phi) is 4.92. The molecule has 2 atom stereocenters.